The minimum atomic E-state index is 0.221. The summed E-state index contributed by atoms with van der Waals surface area (Å²) in [5, 5.41) is 1.23. The molecule has 1 aromatic heterocycles. The average molecular weight is 155 g/mol. The summed E-state index contributed by atoms with van der Waals surface area (Å²) in [4.78, 5) is 5.60. The maximum atomic E-state index is 4.31. The number of hydrogen-bond donors (Lipinski definition) is 0. The third-order valence-electron chi connectivity index (χ3n) is 1.26. The van der Waals surface area contributed by atoms with E-state index in [9.17, 15) is 0 Å². The topological polar surface area (TPSA) is 12.9 Å². The van der Waals surface area contributed by atoms with Gasteiger partial charge in [0.05, 0.1) is 5.01 Å². The highest BCUT2D eigenvalue weighted by atomic mass is 32.1. The molecule has 2 heteroatoms. The predicted molar refractivity (Wildman–Crippen MR) is 45.6 cm³/mol. The third-order valence-corrected chi connectivity index (χ3v) is 2.60. The first-order valence-electron chi connectivity index (χ1n) is 3.43. The van der Waals surface area contributed by atoms with E-state index >= 15 is 0 Å². The Morgan fingerprint density at radius 3 is 2.20 bits per heavy atom. The van der Waals surface area contributed by atoms with Crippen molar-refractivity contribution in [1.82, 2.24) is 4.98 Å². The van der Waals surface area contributed by atoms with Gasteiger partial charge >= 0.3 is 0 Å². The Kier molecular flexibility index (Phi) is 1.82. The average Bonchev–Trinajstić information content (AvgIpc) is 2.11. The summed E-state index contributed by atoms with van der Waals surface area (Å²) in [6.45, 7) is 8.65. The molecule has 0 saturated heterocycles. The highest BCUT2D eigenvalue weighted by molar-refractivity contribution is 7.11. The fourth-order valence-corrected chi connectivity index (χ4v) is 1.52. The van der Waals surface area contributed by atoms with Gasteiger partial charge in [-0.25, -0.2) is 4.98 Å². The van der Waals surface area contributed by atoms with Gasteiger partial charge in [0.25, 0.3) is 0 Å². The van der Waals surface area contributed by atoms with E-state index in [4.69, 9.17) is 0 Å². The molecule has 0 amide bonds. The highest BCUT2D eigenvalue weighted by Crippen LogP contribution is 2.25. The van der Waals surface area contributed by atoms with Gasteiger partial charge < -0.3 is 0 Å². The van der Waals surface area contributed by atoms with Crippen LogP contribution in [0.4, 0.5) is 0 Å². The minimum absolute atomic E-state index is 0.221. The molecule has 10 heavy (non-hydrogen) atoms. The van der Waals surface area contributed by atoms with Crippen LogP contribution < -0.4 is 0 Å². The molecule has 1 heterocycles. The van der Waals surface area contributed by atoms with E-state index in [1.54, 1.807) is 11.3 Å². The van der Waals surface area contributed by atoms with E-state index in [2.05, 4.69) is 32.7 Å². The normalized spacial score (nSPS) is 12.0. The lowest BCUT2D eigenvalue weighted by atomic mass is 9.98. The van der Waals surface area contributed by atoms with Crippen LogP contribution in [0.15, 0.2) is 6.20 Å². The van der Waals surface area contributed by atoms with Crippen molar-refractivity contribution in [2.75, 3.05) is 0 Å². The summed E-state index contributed by atoms with van der Waals surface area (Å²) in [6.07, 6.45) is 1.94. The number of rotatable bonds is 0. The van der Waals surface area contributed by atoms with E-state index in [-0.39, 0.29) is 5.41 Å². The van der Waals surface area contributed by atoms with E-state index < -0.39 is 0 Å². The lowest BCUT2D eigenvalue weighted by Crippen LogP contribution is -2.09. The number of aryl methyl sites for hydroxylation is 1. The minimum Gasteiger partial charge on any atom is -0.249 e. The van der Waals surface area contributed by atoms with E-state index in [1.807, 2.05) is 6.20 Å². The second-order valence-electron chi connectivity index (χ2n) is 3.53. The SMILES string of the molecule is Cc1cnc(C(C)(C)C)s1. The summed E-state index contributed by atoms with van der Waals surface area (Å²) in [5.74, 6) is 0. The molecule has 0 radical (unpaired) electrons. The number of thiazole rings is 1. The molecule has 1 rings (SSSR count). The smallest absolute Gasteiger partial charge is 0.0981 e. The van der Waals surface area contributed by atoms with Crippen LogP contribution in [0.5, 0.6) is 0 Å². The Bertz CT molecular complexity index is 219. The maximum Gasteiger partial charge on any atom is 0.0981 e. The number of hydrogen-bond acceptors (Lipinski definition) is 2. The zero-order chi connectivity index (χ0) is 7.78. The van der Waals surface area contributed by atoms with Crippen molar-refractivity contribution in [2.24, 2.45) is 0 Å². The van der Waals surface area contributed by atoms with Crippen molar-refractivity contribution >= 4 is 11.3 Å². The Morgan fingerprint density at radius 2 is 2.00 bits per heavy atom. The lowest BCUT2D eigenvalue weighted by Gasteiger charge is -2.13. The summed E-state index contributed by atoms with van der Waals surface area (Å²) < 4.78 is 0. The molecule has 0 fully saturated rings. The molecule has 0 aliphatic carbocycles. The van der Waals surface area contributed by atoms with Gasteiger partial charge in [0, 0.05) is 16.5 Å². The zero-order valence-corrected chi connectivity index (χ0v) is 7.75. The van der Waals surface area contributed by atoms with Crippen LogP contribution >= 0.6 is 11.3 Å². The fourth-order valence-electron chi connectivity index (χ4n) is 0.701. The predicted octanol–water partition coefficient (Wildman–Crippen LogP) is 2.75. The molecule has 0 unspecified atom stereocenters. The molecular weight excluding hydrogens is 142 g/mol. The molecular formula is C8H13NS. The van der Waals surface area contributed by atoms with E-state index in [0.29, 0.717) is 0 Å². The van der Waals surface area contributed by atoms with E-state index in [1.165, 1.54) is 9.88 Å². The highest BCUT2D eigenvalue weighted by Gasteiger charge is 2.16. The molecule has 0 N–H and O–H groups in total. The molecule has 0 aliphatic heterocycles. The molecule has 0 spiro atoms. The lowest BCUT2D eigenvalue weighted by molar-refractivity contribution is 0.585. The van der Waals surface area contributed by atoms with Gasteiger partial charge in [-0.15, -0.1) is 11.3 Å². The molecule has 0 aromatic carbocycles. The zero-order valence-electron chi connectivity index (χ0n) is 6.93. The molecule has 0 aliphatic rings. The summed E-state index contributed by atoms with van der Waals surface area (Å²) in [7, 11) is 0. The van der Waals surface area contributed by atoms with Crippen LogP contribution in [0.25, 0.3) is 0 Å². The van der Waals surface area contributed by atoms with Gasteiger partial charge in [-0.1, -0.05) is 20.8 Å². The Morgan fingerprint density at radius 1 is 1.40 bits per heavy atom. The van der Waals surface area contributed by atoms with Crippen molar-refractivity contribution in [3.05, 3.63) is 16.1 Å². The Hall–Kier alpha value is -0.370. The van der Waals surface area contributed by atoms with Gasteiger partial charge in [-0.05, 0) is 6.92 Å². The van der Waals surface area contributed by atoms with Gasteiger partial charge in [-0.2, -0.15) is 0 Å². The first-order valence-corrected chi connectivity index (χ1v) is 4.25. The standard InChI is InChI=1S/C8H13NS/c1-6-5-9-7(10-6)8(2,3)4/h5H,1-4H3. The molecule has 0 atom stereocenters. The largest absolute Gasteiger partial charge is 0.249 e. The van der Waals surface area contributed by atoms with Gasteiger partial charge in [0.2, 0.25) is 0 Å². The Balaban J connectivity index is 2.96. The monoisotopic (exact) mass is 155 g/mol. The quantitative estimate of drug-likeness (QED) is 0.561. The first kappa shape index (κ1) is 7.73. The van der Waals surface area contributed by atoms with E-state index in [0.717, 1.165) is 0 Å². The van der Waals surface area contributed by atoms with Crippen molar-refractivity contribution in [1.29, 1.82) is 0 Å². The molecule has 56 valence electrons. The molecule has 1 nitrogen and oxygen atoms in total. The van der Waals surface area contributed by atoms with Gasteiger partial charge in [-0.3, -0.25) is 0 Å². The molecule has 0 bridgehead atoms. The van der Waals surface area contributed by atoms with Crippen molar-refractivity contribution < 1.29 is 0 Å². The number of aromatic nitrogens is 1. The molecule has 0 saturated carbocycles. The van der Waals surface area contributed by atoms with Gasteiger partial charge in [0.15, 0.2) is 0 Å². The van der Waals surface area contributed by atoms with Gasteiger partial charge in [0.1, 0.15) is 0 Å². The summed E-state index contributed by atoms with van der Waals surface area (Å²) in [5.41, 5.74) is 0.221. The van der Waals surface area contributed by atoms with Crippen molar-refractivity contribution in [3.8, 4) is 0 Å². The van der Waals surface area contributed by atoms with Crippen LogP contribution in [0.3, 0.4) is 0 Å². The number of nitrogens with zero attached hydrogens (tertiary/aromatic N) is 1. The molecule has 1 aromatic rings. The second kappa shape index (κ2) is 2.35. The second-order valence-corrected chi connectivity index (χ2v) is 4.76. The Labute approximate surface area is 66.1 Å². The summed E-state index contributed by atoms with van der Waals surface area (Å²) >= 11 is 1.78. The fraction of sp³-hybridized carbons (Fsp3) is 0.625. The van der Waals surface area contributed by atoms with Crippen LogP contribution in [-0.4, -0.2) is 4.98 Å². The first-order chi connectivity index (χ1) is 4.50. The van der Waals surface area contributed by atoms with Crippen LogP contribution in [-0.2, 0) is 5.41 Å². The maximum absolute atomic E-state index is 4.31. The van der Waals surface area contributed by atoms with Crippen LogP contribution in [0, 0.1) is 6.92 Å². The van der Waals surface area contributed by atoms with Crippen LogP contribution in [0.2, 0.25) is 0 Å². The van der Waals surface area contributed by atoms with Crippen LogP contribution in [0.1, 0.15) is 30.7 Å². The van der Waals surface area contributed by atoms with Crippen molar-refractivity contribution in [3.63, 3.8) is 0 Å². The third kappa shape index (κ3) is 1.57. The van der Waals surface area contributed by atoms with Crippen molar-refractivity contribution in [2.45, 2.75) is 33.1 Å². The summed E-state index contributed by atoms with van der Waals surface area (Å²) in [6, 6.07) is 0.